The van der Waals surface area contributed by atoms with Gasteiger partial charge in [-0.15, -0.1) is 0 Å². The van der Waals surface area contributed by atoms with Gasteiger partial charge < -0.3 is 14.4 Å². The Labute approximate surface area is 107 Å². The van der Waals surface area contributed by atoms with Crippen molar-refractivity contribution in [2.24, 2.45) is 0 Å². The summed E-state index contributed by atoms with van der Waals surface area (Å²) in [5, 5.41) is 9.86. The highest BCUT2D eigenvalue weighted by Crippen LogP contribution is 2.18. The fraction of sp³-hybridized carbons (Fsp3) is 0.500. The van der Waals surface area contributed by atoms with Crippen LogP contribution in [0, 0.1) is 13.8 Å². The Morgan fingerprint density at radius 2 is 2.06 bits per heavy atom. The molecule has 0 bridgehead atoms. The molecule has 0 fully saturated rings. The molecule has 1 heterocycles. The van der Waals surface area contributed by atoms with Crippen molar-refractivity contribution in [2.45, 2.75) is 33.4 Å². The number of aromatic nitrogens is 2. The summed E-state index contributed by atoms with van der Waals surface area (Å²) in [6.45, 7) is 7.59. The average molecular weight is 248 g/mol. The third kappa shape index (κ3) is 2.71. The molecule has 0 aliphatic rings. The second kappa shape index (κ2) is 5.50. The van der Waals surface area contributed by atoms with E-state index in [4.69, 9.17) is 4.74 Å². The van der Waals surface area contributed by atoms with Gasteiger partial charge in [-0.25, -0.2) is 4.98 Å². The largest absolute Gasteiger partial charge is 0.389 e. The second-order valence-electron chi connectivity index (χ2n) is 4.64. The lowest BCUT2D eigenvalue weighted by Crippen LogP contribution is -2.21. The molecule has 1 atom stereocenters. The maximum Gasteiger partial charge on any atom is 0.0959 e. The molecule has 18 heavy (non-hydrogen) atoms. The van der Waals surface area contributed by atoms with E-state index in [9.17, 15) is 5.11 Å². The molecule has 4 heteroatoms. The number of rotatable bonds is 5. The number of hydrogen-bond donors (Lipinski definition) is 1. The Morgan fingerprint density at radius 1 is 1.33 bits per heavy atom. The zero-order valence-corrected chi connectivity index (χ0v) is 11.2. The summed E-state index contributed by atoms with van der Waals surface area (Å²) in [6.07, 6.45) is 1.28. The summed E-state index contributed by atoms with van der Waals surface area (Å²) in [5.41, 5.74) is 4.52. The van der Waals surface area contributed by atoms with E-state index in [0.717, 1.165) is 11.0 Å². The normalized spacial score (nSPS) is 13.1. The fourth-order valence-corrected chi connectivity index (χ4v) is 1.99. The van der Waals surface area contributed by atoms with E-state index in [-0.39, 0.29) is 0 Å². The number of nitrogens with zero attached hydrogens (tertiary/aromatic N) is 2. The topological polar surface area (TPSA) is 47.3 Å². The van der Waals surface area contributed by atoms with Crippen molar-refractivity contribution in [3.05, 3.63) is 29.6 Å². The van der Waals surface area contributed by atoms with Crippen molar-refractivity contribution >= 4 is 11.0 Å². The first-order valence-corrected chi connectivity index (χ1v) is 6.29. The zero-order chi connectivity index (χ0) is 13.1. The number of aliphatic hydroxyl groups is 1. The molecule has 4 nitrogen and oxygen atoms in total. The van der Waals surface area contributed by atoms with Crippen LogP contribution in [0.3, 0.4) is 0 Å². The van der Waals surface area contributed by atoms with Crippen molar-refractivity contribution in [1.29, 1.82) is 0 Å². The van der Waals surface area contributed by atoms with Crippen LogP contribution in [-0.2, 0) is 11.3 Å². The highest BCUT2D eigenvalue weighted by molar-refractivity contribution is 5.77. The molecule has 0 amide bonds. The number of aliphatic hydroxyl groups excluding tert-OH is 1. The van der Waals surface area contributed by atoms with Gasteiger partial charge in [-0.2, -0.15) is 0 Å². The van der Waals surface area contributed by atoms with Crippen LogP contribution < -0.4 is 0 Å². The van der Waals surface area contributed by atoms with Crippen LogP contribution in [0.2, 0.25) is 0 Å². The number of aryl methyl sites for hydroxylation is 2. The summed E-state index contributed by atoms with van der Waals surface area (Å²) in [7, 11) is 0. The van der Waals surface area contributed by atoms with Crippen molar-refractivity contribution in [3.63, 3.8) is 0 Å². The van der Waals surface area contributed by atoms with Gasteiger partial charge >= 0.3 is 0 Å². The van der Waals surface area contributed by atoms with E-state index < -0.39 is 6.10 Å². The van der Waals surface area contributed by atoms with Crippen LogP contribution in [0.25, 0.3) is 11.0 Å². The Bertz CT molecular complexity index is 534. The molecule has 1 aromatic carbocycles. The van der Waals surface area contributed by atoms with Crippen LogP contribution in [0.5, 0.6) is 0 Å². The smallest absolute Gasteiger partial charge is 0.0959 e. The number of imidazole rings is 1. The van der Waals surface area contributed by atoms with E-state index in [1.165, 1.54) is 11.1 Å². The lowest BCUT2D eigenvalue weighted by Gasteiger charge is -2.12. The first-order chi connectivity index (χ1) is 8.61. The molecular formula is C14H20N2O2. The monoisotopic (exact) mass is 248 g/mol. The van der Waals surface area contributed by atoms with Crippen molar-refractivity contribution in [2.75, 3.05) is 13.2 Å². The number of ether oxygens (including phenoxy) is 1. The molecule has 1 aromatic heterocycles. The standard InChI is InChI=1S/C14H20N2O2/c1-4-18-8-12(17)7-16-9-15-13-5-10(2)11(3)6-14(13)16/h5-6,9,12,17H,4,7-8H2,1-3H3. The fourth-order valence-electron chi connectivity index (χ4n) is 1.99. The summed E-state index contributed by atoms with van der Waals surface area (Å²) in [5.74, 6) is 0. The van der Waals surface area contributed by atoms with Gasteiger partial charge in [-0.05, 0) is 44.0 Å². The highest BCUT2D eigenvalue weighted by atomic mass is 16.5. The first-order valence-electron chi connectivity index (χ1n) is 6.29. The minimum atomic E-state index is -0.496. The molecule has 1 N–H and O–H groups in total. The SMILES string of the molecule is CCOCC(O)Cn1cnc2cc(C)c(C)cc21. The Kier molecular flexibility index (Phi) is 3.99. The van der Waals surface area contributed by atoms with E-state index >= 15 is 0 Å². The average Bonchev–Trinajstić information content (AvgIpc) is 2.70. The number of benzene rings is 1. The number of hydrogen-bond acceptors (Lipinski definition) is 3. The quantitative estimate of drug-likeness (QED) is 0.881. The van der Waals surface area contributed by atoms with Crippen molar-refractivity contribution in [3.8, 4) is 0 Å². The molecule has 0 radical (unpaired) electrons. The van der Waals surface area contributed by atoms with Gasteiger partial charge in [-0.3, -0.25) is 0 Å². The molecule has 0 aliphatic heterocycles. The maximum atomic E-state index is 9.86. The summed E-state index contributed by atoms with van der Waals surface area (Å²) in [6, 6.07) is 4.20. The molecule has 2 rings (SSSR count). The Balaban J connectivity index is 2.21. The summed E-state index contributed by atoms with van der Waals surface area (Å²) in [4.78, 5) is 4.36. The minimum absolute atomic E-state index is 0.362. The Hall–Kier alpha value is -1.39. The molecule has 0 spiro atoms. The van der Waals surface area contributed by atoms with Gasteiger partial charge in [-0.1, -0.05) is 0 Å². The van der Waals surface area contributed by atoms with Crippen molar-refractivity contribution in [1.82, 2.24) is 9.55 Å². The van der Waals surface area contributed by atoms with Crippen LogP contribution in [0.15, 0.2) is 18.5 Å². The molecule has 98 valence electrons. The highest BCUT2D eigenvalue weighted by Gasteiger charge is 2.09. The maximum absolute atomic E-state index is 9.86. The van der Waals surface area contributed by atoms with Crippen LogP contribution in [0.4, 0.5) is 0 Å². The lowest BCUT2D eigenvalue weighted by molar-refractivity contribution is 0.0341. The Morgan fingerprint density at radius 3 is 2.78 bits per heavy atom. The molecule has 0 aliphatic carbocycles. The minimum Gasteiger partial charge on any atom is -0.389 e. The molecular weight excluding hydrogens is 228 g/mol. The lowest BCUT2D eigenvalue weighted by atomic mass is 10.1. The third-order valence-electron chi connectivity index (χ3n) is 3.16. The predicted molar refractivity (Wildman–Crippen MR) is 71.7 cm³/mol. The van der Waals surface area contributed by atoms with Crippen LogP contribution >= 0.6 is 0 Å². The first kappa shape index (κ1) is 13.1. The van der Waals surface area contributed by atoms with Gasteiger partial charge in [0.1, 0.15) is 0 Å². The number of fused-ring (bicyclic) bond motifs is 1. The van der Waals surface area contributed by atoms with E-state index in [1.807, 2.05) is 11.5 Å². The van der Waals surface area contributed by atoms with Crippen LogP contribution in [0.1, 0.15) is 18.1 Å². The third-order valence-corrected chi connectivity index (χ3v) is 3.16. The van der Waals surface area contributed by atoms with Gasteiger partial charge in [0.2, 0.25) is 0 Å². The summed E-state index contributed by atoms with van der Waals surface area (Å²) >= 11 is 0. The molecule has 1 unspecified atom stereocenters. The van der Waals surface area contributed by atoms with Gasteiger partial charge in [0.05, 0.1) is 36.6 Å². The van der Waals surface area contributed by atoms with E-state index in [0.29, 0.717) is 19.8 Å². The van der Waals surface area contributed by atoms with Gasteiger partial charge in [0.15, 0.2) is 0 Å². The summed E-state index contributed by atoms with van der Waals surface area (Å²) < 4.78 is 7.19. The zero-order valence-electron chi connectivity index (χ0n) is 11.2. The van der Waals surface area contributed by atoms with Gasteiger partial charge in [0, 0.05) is 6.61 Å². The van der Waals surface area contributed by atoms with Gasteiger partial charge in [0.25, 0.3) is 0 Å². The van der Waals surface area contributed by atoms with E-state index in [2.05, 4.69) is 31.0 Å². The van der Waals surface area contributed by atoms with Crippen LogP contribution in [-0.4, -0.2) is 34.0 Å². The predicted octanol–water partition coefficient (Wildman–Crippen LogP) is 2.05. The second-order valence-corrected chi connectivity index (χ2v) is 4.64. The van der Waals surface area contributed by atoms with E-state index in [1.54, 1.807) is 6.33 Å². The molecule has 0 saturated heterocycles. The molecule has 2 aromatic rings. The molecule has 0 saturated carbocycles. The van der Waals surface area contributed by atoms with Crippen molar-refractivity contribution < 1.29 is 9.84 Å².